The first-order valence-electron chi connectivity index (χ1n) is 7.04. The number of carbonyl (C=O) groups is 1. The van der Waals surface area contributed by atoms with Crippen molar-refractivity contribution in [3.8, 4) is 0 Å². The third-order valence-corrected chi connectivity index (χ3v) is 3.48. The molecule has 0 saturated carbocycles. The normalized spacial score (nSPS) is 13.8. The van der Waals surface area contributed by atoms with E-state index >= 15 is 0 Å². The van der Waals surface area contributed by atoms with Crippen LogP contribution >= 0.6 is 0 Å². The Kier molecular flexibility index (Phi) is 6.65. The van der Waals surface area contributed by atoms with E-state index in [2.05, 4.69) is 19.2 Å². The quantitative estimate of drug-likeness (QED) is 0.781. The van der Waals surface area contributed by atoms with Crippen LogP contribution in [-0.4, -0.2) is 25.2 Å². The number of nitrogens with one attached hydrogen (secondary N) is 1. The molecule has 0 aliphatic heterocycles. The Hall–Kier alpha value is -1.42. The molecule has 0 aliphatic rings. The van der Waals surface area contributed by atoms with E-state index in [1.165, 1.54) is 13.2 Å². The molecule has 2 atom stereocenters. The number of ether oxygens (including phenoxy) is 1. The third kappa shape index (κ3) is 5.29. The highest BCUT2D eigenvalue weighted by atomic mass is 19.1. The molecule has 0 spiro atoms. The van der Waals surface area contributed by atoms with Crippen LogP contribution in [0.1, 0.15) is 37.8 Å². The van der Waals surface area contributed by atoms with Gasteiger partial charge in [-0.2, -0.15) is 0 Å². The number of esters is 1. The Bertz CT molecular complexity index is 448. The summed E-state index contributed by atoms with van der Waals surface area (Å²) in [5.41, 5.74) is 1.65. The van der Waals surface area contributed by atoms with Gasteiger partial charge in [-0.1, -0.05) is 19.1 Å². The first-order valence-corrected chi connectivity index (χ1v) is 7.04. The van der Waals surface area contributed by atoms with Crippen LogP contribution in [0.4, 0.5) is 4.39 Å². The molecule has 4 heteroatoms. The van der Waals surface area contributed by atoms with Gasteiger partial charge in [-0.3, -0.25) is 4.79 Å². The molecule has 0 saturated heterocycles. The van der Waals surface area contributed by atoms with Gasteiger partial charge in [0.2, 0.25) is 0 Å². The van der Waals surface area contributed by atoms with E-state index in [9.17, 15) is 9.18 Å². The maximum Gasteiger partial charge on any atom is 0.307 e. The third-order valence-electron chi connectivity index (χ3n) is 3.48. The van der Waals surface area contributed by atoms with Gasteiger partial charge in [-0.15, -0.1) is 0 Å². The minimum Gasteiger partial charge on any atom is -0.469 e. The first kappa shape index (κ1) is 16.6. The van der Waals surface area contributed by atoms with Crippen LogP contribution in [0.25, 0.3) is 0 Å². The predicted molar refractivity (Wildman–Crippen MR) is 78.2 cm³/mol. The summed E-state index contributed by atoms with van der Waals surface area (Å²) in [5, 5.41) is 3.42. The Labute approximate surface area is 120 Å². The van der Waals surface area contributed by atoms with Gasteiger partial charge in [0.05, 0.1) is 13.5 Å². The molecular weight excluding hydrogens is 257 g/mol. The fourth-order valence-electron chi connectivity index (χ4n) is 2.11. The summed E-state index contributed by atoms with van der Waals surface area (Å²) >= 11 is 0. The standard InChI is InChI=1S/C16H24FNO2/c1-5-12(3)18-14(10-16(19)20-4)9-13-6-7-15(17)11(2)8-13/h6-8,12,14,18H,5,9-10H2,1-4H3. The second-order valence-corrected chi connectivity index (χ2v) is 5.24. The Morgan fingerprint density at radius 1 is 1.45 bits per heavy atom. The Morgan fingerprint density at radius 2 is 2.15 bits per heavy atom. The van der Waals surface area contributed by atoms with Crippen molar-refractivity contribution in [2.24, 2.45) is 0 Å². The van der Waals surface area contributed by atoms with Crippen molar-refractivity contribution >= 4 is 5.97 Å². The molecule has 0 fully saturated rings. The number of benzene rings is 1. The average molecular weight is 281 g/mol. The molecule has 0 radical (unpaired) electrons. The summed E-state index contributed by atoms with van der Waals surface area (Å²) in [7, 11) is 1.39. The van der Waals surface area contributed by atoms with E-state index in [-0.39, 0.29) is 17.8 Å². The maximum absolute atomic E-state index is 13.3. The van der Waals surface area contributed by atoms with Crippen molar-refractivity contribution in [3.05, 3.63) is 35.1 Å². The highest BCUT2D eigenvalue weighted by Crippen LogP contribution is 2.13. The largest absolute Gasteiger partial charge is 0.469 e. The first-order chi connectivity index (χ1) is 9.46. The lowest BCUT2D eigenvalue weighted by molar-refractivity contribution is -0.141. The molecule has 112 valence electrons. The molecule has 3 nitrogen and oxygen atoms in total. The molecule has 1 aromatic rings. The Balaban J connectivity index is 2.76. The molecule has 20 heavy (non-hydrogen) atoms. The summed E-state index contributed by atoms with van der Waals surface area (Å²) in [6.45, 7) is 5.92. The number of hydrogen-bond acceptors (Lipinski definition) is 3. The number of halogens is 1. The maximum atomic E-state index is 13.3. The van der Waals surface area contributed by atoms with Crippen LogP contribution in [0.15, 0.2) is 18.2 Å². The summed E-state index contributed by atoms with van der Waals surface area (Å²) < 4.78 is 18.0. The number of aryl methyl sites for hydroxylation is 1. The van der Waals surface area contributed by atoms with Gasteiger partial charge >= 0.3 is 5.97 Å². The summed E-state index contributed by atoms with van der Waals surface area (Å²) in [6.07, 6.45) is 1.98. The van der Waals surface area contributed by atoms with Crippen molar-refractivity contribution in [2.45, 2.75) is 52.1 Å². The van der Waals surface area contributed by atoms with E-state index in [4.69, 9.17) is 4.74 Å². The van der Waals surface area contributed by atoms with Crippen LogP contribution in [0.2, 0.25) is 0 Å². The average Bonchev–Trinajstić information content (AvgIpc) is 2.42. The lowest BCUT2D eigenvalue weighted by Crippen LogP contribution is -2.39. The van der Waals surface area contributed by atoms with Gasteiger partial charge in [0.1, 0.15) is 5.82 Å². The lowest BCUT2D eigenvalue weighted by Gasteiger charge is -2.22. The van der Waals surface area contributed by atoms with Crippen LogP contribution in [0, 0.1) is 12.7 Å². The molecule has 1 N–H and O–H groups in total. The lowest BCUT2D eigenvalue weighted by atomic mass is 10.0. The number of carbonyl (C=O) groups excluding carboxylic acids is 1. The smallest absolute Gasteiger partial charge is 0.307 e. The van der Waals surface area contributed by atoms with Crippen molar-refractivity contribution in [1.82, 2.24) is 5.32 Å². The second kappa shape index (κ2) is 8.00. The van der Waals surface area contributed by atoms with Crippen LogP contribution in [0.5, 0.6) is 0 Å². The molecule has 2 unspecified atom stereocenters. The molecular formula is C16H24FNO2. The van der Waals surface area contributed by atoms with Crippen LogP contribution in [-0.2, 0) is 16.0 Å². The van der Waals surface area contributed by atoms with Crippen molar-refractivity contribution in [1.29, 1.82) is 0 Å². The molecule has 0 heterocycles. The zero-order valence-electron chi connectivity index (χ0n) is 12.7. The van der Waals surface area contributed by atoms with Gasteiger partial charge in [0, 0.05) is 12.1 Å². The fourth-order valence-corrected chi connectivity index (χ4v) is 2.11. The van der Waals surface area contributed by atoms with E-state index in [1.807, 2.05) is 6.07 Å². The van der Waals surface area contributed by atoms with Gasteiger partial charge in [0.15, 0.2) is 0 Å². The number of rotatable bonds is 7. The minimum atomic E-state index is -0.232. The number of hydrogen-bond donors (Lipinski definition) is 1. The highest BCUT2D eigenvalue weighted by Gasteiger charge is 2.17. The SMILES string of the molecule is CCC(C)NC(CC(=O)OC)Cc1ccc(F)c(C)c1. The second-order valence-electron chi connectivity index (χ2n) is 5.24. The summed E-state index contributed by atoms with van der Waals surface area (Å²) in [6, 6.07) is 5.40. The molecule has 0 bridgehead atoms. The van der Waals surface area contributed by atoms with Gasteiger partial charge in [-0.25, -0.2) is 4.39 Å². The van der Waals surface area contributed by atoms with E-state index in [0.717, 1.165) is 12.0 Å². The van der Waals surface area contributed by atoms with E-state index in [1.54, 1.807) is 13.0 Å². The van der Waals surface area contributed by atoms with E-state index < -0.39 is 0 Å². The van der Waals surface area contributed by atoms with Crippen LogP contribution in [0.3, 0.4) is 0 Å². The topological polar surface area (TPSA) is 38.3 Å². The molecule has 0 aliphatic carbocycles. The predicted octanol–water partition coefficient (Wildman–Crippen LogP) is 3.00. The van der Waals surface area contributed by atoms with Crippen molar-refractivity contribution < 1.29 is 13.9 Å². The van der Waals surface area contributed by atoms with Crippen molar-refractivity contribution in [2.75, 3.05) is 7.11 Å². The monoisotopic (exact) mass is 281 g/mol. The van der Waals surface area contributed by atoms with Crippen molar-refractivity contribution in [3.63, 3.8) is 0 Å². The summed E-state index contributed by atoms with van der Waals surface area (Å²) in [5.74, 6) is -0.433. The molecule has 0 aromatic heterocycles. The van der Waals surface area contributed by atoms with Crippen LogP contribution < -0.4 is 5.32 Å². The highest BCUT2D eigenvalue weighted by molar-refractivity contribution is 5.70. The minimum absolute atomic E-state index is 0.00209. The van der Waals surface area contributed by atoms with Gasteiger partial charge in [-0.05, 0) is 43.9 Å². The fraction of sp³-hybridized carbons (Fsp3) is 0.562. The number of methoxy groups -OCH3 is 1. The molecule has 1 rings (SSSR count). The zero-order chi connectivity index (χ0) is 15.1. The zero-order valence-corrected chi connectivity index (χ0v) is 12.7. The Morgan fingerprint density at radius 3 is 2.70 bits per heavy atom. The molecule has 1 aromatic carbocycles. The van der Waals surface area contributed by atoms with Gasteiger partial charge in [0.25, 0.3) is 0 Å². The summed E-state index contributed by atoms with van der Waals surface area (Å²) in [4.78, 5) is 11.5. The van der Waals surface area contributed by atoms with Gasteiger partial charge < -0.3 is 10.1 Å². The molecule has 0 amide bonds. The van der Waals surface area contributed by atoms with E-state index in [0.29, 0.717) is 24.4 Å².